The molecule has 0 aliphatic rings. The van der Waals surface area contributed by atoms with Gasteiger partial charge >= 0.3 is 0 Å². The molecule has 1 rings (SSSR count). The van der Waals surface area contributed by atoms with E-state index in [-0.39, 0.29) is 6.10 Å². The van der Waals surface area contributed by atoms with Crippen molar-refractivity contribution in [3.63, 3.8) is 0 Å². The molecule has 4 heteroatoms. The van der Waals surface area contributed by atoms with E-state index < -0.39 is 0 Å². The van der Waals surface area contributed by atoms with Gasteiger partial charge in [-0.1, -0.05) is 25.5 Å². The van der Waals surface area contributed by atoms with Crippen LogP contribution in [0.25, 0.3) is 0 Å². The summed E-state index contributed by atoms with van der Waals surface area (Å²) in [5.41, 5.74) is 1.15. The van der Waals surface area contributed by atoms with E-state index in [9.17, 15) is 0 Å². The molecule has 1 aromatic carbocycles. The Bertz CT molecular complexity index is 340. The van der Waals surface area contributed by atoms with Gasteiger partial charge in [-0.3, -0.25) is 0 Å². The number of nitrogens with one attached hydrogen (secondary N) is 1. The van der Waals surface area contributed by atoms with Crippen molar-refractivity contribution in [2.75, 3.05) is 40.5 Å². The van der Waals surface area contributed by atoms with Crippen LogP contribution in [0.4, 0.5) is 0 Å². The predicted octanol–water partition coefficient (Wildman–Crippen LogP) is 2.79. The van der Waals surface area contributed by atoms with Crippen molar-refractivity contribution in [3.8, 4) is 5.75 Å². The van der Waals surface area contributed by atoms with Crippen LogP contribution in [0.2, 0.25) is 0 Å². The van der Waals surface area contributed by atoms with Crippen molar-refractivity contribution in [2.45, 2.75) is 25.9 Å². The van der Waals surface area contributed by atoms with Crippen molar-refractivity contribution in [2.24, 2.45) is 0 Å². The molecule has 0 fully saturated rings. The van der Waals surface area contributed by atoms with Gasteiger partial charge in [-0.25, -0.2) is 0 Å². The van der Waals surface area contributed by atoms with Gasteiger partial charge < -0.3 is 19.5 Å². The van der Waals surface area contributed by atoms with Crippen LogP contribution in [0.3, 0.4) is 0 Å². The summed E-state index contributed by atoms with van der Waals surface area (Å²) in [7, 11) is 3.60. The number of likely N-dealkylation sites (N-methyl/N-ethyl adjacent to an activating group) is 1. The standard InChI is InChI=1S/C16H27NO3/c1-4-5-10-19-11-12-20-16(13-17-2)14-6-8-15(18-3)9-7-14/h6-9,16-17H,4-5,10-13H2,1-3H3. The molecule has 0 radical (unpaired) electrons. The van der Waals surface area contributed by atoms with Crippen LogP contribution in [0.1, 0.15) is 31.4 Å². The zero-order chi connectivity index (χ0) is 14.6. The lowest BCUT2D eigenvalue weighted by molar-refractivity contribution is 0.00428. The molecule has 0 saturated carbocycles. The van der Waals surface area contributed by atoms with Gasteiger partial charge in [-0.2, -0.15) is 0 Å². The number of ether oxygens (including phenoxy) is 3. The second kappa shape index (κ2) is 10.7. The van der Waals surface area contributed by atoms with Crippen molar-refractivity contribution in [1.29, 1.82) is 0 Å². The van der Waals surface area contributed by atoms with Crippen LogP contribution in [-0.4, -0.2) is 40.5 Å². The van der Waals surface area contributed by atoms with Crippen LogP contribution in [0.5, 0.6) is 5.75 Å². The fourth-order valence-corrected chi connectivity index (χ4v) is 1.87. The number of benzene rings is 1. The fraction of sp³-hybridized carbons (Fsp3) is 0.625. The lowest BCUT2D eigenvalue weighted by Crippen LogP contribution is -2.21. The van der Waals surface area contributed by atoms with Gasteiger partial charge in [0, 0.05) is 13.2 Å². The summed E-state index contributed by atoms with van der Waals surface area (Å²) in [6.07, 6.45) is 2.31. The van der Waals surface area contributed by atoms with Gasteiger partial charge in [0.1, 0.15) is 5.75 Å². The second-order valence-corrected chi connectivity index (χ2v) is 4.66. The van der Waals surface area contributed by atoms with Crippen molar-refractivity contribution < 1.29 is 14.2 Å². The molecule has 0 heterocycles. The Morgan fingerprint density at radius 3 is 2.45 bits per heavy atom. The first-order chi connectivity index (χ1) is 9.81. The average molecular weight is 281 g/mol. The average Bonchev–Trinajstić information content (AvgIpc) is 2.50. The van der Waals surface area contributed by atoms with E-state index in [1.54, 1.807) is 7.11 Å². The maximum absolute atomic E-state index is 5.89. The minimum Gasteiger partial charge on any atom is -0.497 e. The van der Waals surface area contributed by atoms with E-state index in [0.717, 1.165) is 37.3 Å². The molecule has 0 amide bonds. The summed E-state index contributed by atoms with van der Waals surface area (Å²) in [4.78, 5) is 0. The smallest absolute Gasteiger partial charge is 0.118 e. The number of hydrogen-bond donors (Lipinski definition) is 1. The lowest BCUT2D eigenvalue weighted by atomic mass is 10.1. The third-order valence-corrected chi connectivity index (χ3v) is 3.07. The van der Waals surface area contributed by atoms with Crippen molar-refractivity contribution >= 4 is 0 Å². The summed E-state index contributed by atoms with van der Waals surface area (Å²) >= 11 is 0. The second-order valence-electron chi connectivity index (χ2n) is 4.66. The van der Waals surface area contributed by atoms with Gasteiger partial charge in [0.05, 0.1) is 26.4 Å². The molecule has 0 bridgehead atoms. The third-order valence-electron chi connectivity index (χ3n) is 3.07. The van der Waals surface area contributed by atoms with Gasteiger partial charge in [0.15, 0.2) is 0 Å². The number of unbranched alkanes of at least 4 members (excludes halogenated alkanes) is 1. The zero-order valence-corrected chi connectivity index (χ0v) is 12.9. The fourth-order valence-electron chi connectivity index (χ4n) is 1.87. The summed E-state index contributed by atoms with van der Waals surface area (Å²) in [6, 6.07) is 8.00. The Hall–Kier alpha value is -1.10. The lowest BCUT2D eigenvalue weighted by Gasteiger charge is -2.18. The van der Waals surface area contributed by atoms with Crippen LogP contribution in [-0.2, 0) is 9.47 Å². The summed E-state index contributed by atoms with van der Waals surface area (Å²) in [5, 5.41) is 3.16. The Morgan fingerprint density at radius 1 is 1.10 bits per heavy atom. The van der Waals surface area contributed by atoms with E-state index >= 15 is 0 Å². The molecule has 1 unspecified atom stereocenters. The van der Waals surface area contributed by atoms with Crippen LogP contribution in [0, 0.1) is 0 Å². The SMILES string of the molecule is CCCCOCCOC(CNC)c1ccc(OC)cc1. The Kier molecular flexibility index (Phi) is 9.04. The topological polar surface area (TPSA) is 39.7 Å². The van der Waals surface area contributed by atoms with Crippen molar-refractivity contribution in [1.82, 2.24) is 5.32 Å². The molecular formula is C16H27NO3. The largest absolute Gasteiger partial charge is 0.497 e. The Labute approximate surface area is 122 Å². The molecule has 114 valence electrons. The van der Waals surface area contributed by atoms with Crippen molar-refractivity contribution in [3.05, 3.63) is 29.8 Å². The van der Waals surface area contributed by atoms with Gasteiger partial charge in [-0.05, 0) is 31.2 Å². The first-order valence-corrected chi connectivity index (χ1v) is 7.29. The summed E-state index contributed by atoms with van der Waals surface area (Å²) in [5.74, 6) is 0.861. The van der Waals surface area contributed by atoms with Gasteiger partial charge in [0.25, 0.3) is 0 Å². The minimum atomic E-state index is 0.0423. The molecule has 1 atom stereocenters. The minimum absolute atomic E-state index is 0.0423. The number of rotatable bonds is 11. The summed E-state index contributed by atoms with van der Waals surface area (Å²) < 4.78 is 16.6. The monoisotopic (exact) mass is 281 g/mol. The quantitative estimate of drug-likeness (QED) is 0.633. The number of methoxy groups -OCH3 is 1. The normalized spacial score (nSPS) is 12.3. The third kappa shape index (κ3) is 6.37. The van der Waals surface area contributed by atoms with E-state index in [4.69, 9.17) is 14.2 Å². The highest BCUT2D eigenvalue weighted by molar-refractivity contribution is 5.28. The molecule has 0 spiro atoms. The maximum atomic E-state index is 5.89. The maximum Gasteiger partial charge on any atom is 0.118 e. The molecular weight excluding hydrogens is 254 g/mol. The summed E-state index contributed by atoms with van der Waals surface area (Å²) in [6.45, 7) is 5.02. The van der Waals surface area contributed by atoms with Crippen LogP contribution >= 0.6 is 0 Å². The highest BCUT2D eigenvalue weighted by atomic mass is 16.5. The first-order valence-electron chi connectivity index (χ1n) is 7.29. The molecule has 20 heavy (non-hydrogen) atoms. The molecule has 1 aromatic rings. The van der Waals surface area contributed by atoms with E-state index in [1.165, 1.54) is 0 Å². The highest BCUT2D eigenvalue weighted by Gasteiger charge is 2.11. The zero-order valence-electron chi connectivity index (χ0n) is 12.9. The number of hydrogen-bond acceptors (Lipinski definition) is 4. The van der Waals surface area contributed by atoms with Gasteiger partial charge in [-0.15, -0.1) is 0 Å². The highest BCUT2D eigenvalue weighted by Crippen LogP contribution is 2.20. The van der Waals surface area contributed by atoms with E-state index in [2.05, 4.69) is 12.2 Å². The molecule has 1 N–H and O–H groups in total. The molecule has 0 aromatic heterocycles. The molecule has 4 nitrogen and oxygen atoms in total. The van der Waals surface area contributed by atoms with Crippen LogP contribution < -0.4 is 10.1 Å². The van der Waals surface area contributed by atoms with Gasteiger partial charge in [0.2, 0.25) is 0 Å². The molecule has 0 aliphatic carbocycles. The Balaban J connectivity index is 2.38. The predicted molar refractivity (Wildman–Crippen MR) is 81.3 cm³/mol. The molecule has 0 saturated heterocycles. The first kappa shape index (κ1) is 17.0. The van der Waals surface area contributed by atoms with E-state index in [1.807, 2.05) is 31.3 Å². The van der Waals surface area contributed by atoms with Crippen LogP contribution in [0.15, 0.2) is 24.3 Å². The Morgan fingerprint density at radius 2 is 1.85 bits per heavy atom. The molecule has 0 aliphatic heterocycles. The van der Waals surface area contributed by atoms with E-state index in [0.29, 0.717) is 13.2 Å².